The Balaban J connectivity index is 0.00000264. The monoisotopic (exact) mass is 360 g/mol. The van der Waals surface area contributed by atoms with Crippen molar-refractivity contribution in [3.63, 3.8) is 0 Å². The number of benzene rings is 1. The molecule has 1 aliphatic heterocycles. The zero-order valence-corrected chi connectivity index (χ0v) is 13.0. The lowest BCUT2D eigenvalue weighted by atomic mass is 10.00. The molecule has 0 saturated carbocycles. The minimum atomic E-state index is -4.85. The van der Waals surface area contributed by atoms with Gasteiger partial charge in [0.25, 0.3) is 0 Å². The summed E-state index contributed by atoms with van der Waals surface area (Å²) >= 11 is 0. The minimum Gasteiger partial charge on any atom is -0.405 e. The molecule has 23 heavy (non-hydrogen) atoms. The number of nitrogens with one attached hydrogen (secondary N) is 1. The zero-order valence-electron chi connectivity index (χ0n) is 12.2. The molecule has 0 bridgehead atoms. The molecule has 0 aromatic heterocycles. The van der Waals surface area contributed by atoms with E-state index in [4.69, 9.17) is 0 Å². The molecule has 2 rings (SSSR count). The van der Waals surface area contributed by atoms with E-state index in [1.54, 1.807) is 4.90 Å². The Kier molecular flexibility index (Phi) is 7.50. The van der Waals surface area contributed by atoms with Gasteiger partial charge in [0.15, 0.2) is 0 Å². The lowest BCUT2D eigenvalue weighted by Gasteiger charge is -2.35. The summed E-state index contributed by atoms with van der Waals surface area (Å²) in [5.41, 5.74) is 0.141. The second-order valence-electron chi connectivity index (χ2n) is 5.01. The van der Waals surface area contributed by atoms with Crippen LogP contribution in [0.3, 0.4) is 0 Å². The number of nitrogens with zero attached hydrogens (tertiary/aromatic N) is 1. The molecule has 1 saturated heterocycles. The van der Waals surface area contributed by atoms with Gasteiger partial charge >= 0.3 is 6.36 Å². The SMILES string of the molecule is Cl.FC(F)C[C@@H](c1ccccc1OC(F)(F)F)N1CCNCC1. The molecule has 1 N–H and O–H groups in total. The van der Waals surface area contributed by atoms with Gasteiger partial charge in [-0.1, -0.05) is 18.2 Å². The molecule has 132 valence electrons. The van der Waals surface area contributed by atoms with Crippen LogP contribution in [0.5, 0.6) is 5.75 Å². The summed E-state index contributed by atoms with van der Waals surface area (Å²) in [6, 6.07) is 4.68. The topological polar surface area (TPSA) is 24.5 Å². The number of alkyl halides is 5. The first kappa shape index (κ1) is 19.9. The zero-order chi connectivity index (χ0) is 16.2. The van der Waals surface area contributed by atoms with Crippen molar-refractivity contribution < 1.29 is 26.7 Å². The maximum Gasteiger partial charge on any atom is 0.573 e. The van der Waals surface area contributed by atoms with Gasteiger partial charge in [0.05, 0.1) is 0 Å². The van der Waals surface area contributed by atoms with E-state index in [1.807, 2.05) is 0 Å². The highest BCUT2D eigenvalue weighted by Crippen LogP contribution is 2.36. The molecule has 0 unspecified atom stereocenters. The minimum absolute atomic E-state index is 0. The number of halogens is 6. The molecule has 0 radical (unpaired) electrons. The quantitative estimate of drug-likeness (QED) is 0.812. The summed E-state index contributed by atoms with van der Waals surface area (Å²) in [5, 5.41) is 3.09. The van der Waals surface area contributed by atoms with E-state index in [1.165, 1.54) is 18.2 Å². The highest BCUT2D eigenvalue weighted by Gasteiger charge is 2.34. The van der Waals surface area contributed by atoms with Crippen molar-refractivity contribution in [2.45, 2.75) is 25.3 Å². The Bertz CT molecular complexity index is 480. The van der Waals surface area contributed by atoms with Gasteiger partial charge in [0, 0.05) is 44.2 Å². The van der Waals surface area contributed by atoms with Crippen molar-refractivity contribution in [1.82, 2.24) is 10.2 Å². The summed E-state index contributed by atoms with van der Waals surface area (Å²) in [7, 11) is 0. The molecule has 1 aromatic carbocycles. The van der Waals surface area contributed by atoms with Crippen molar-refractivity contribution >= 4 is 12.4 Å². The molecular weight excluding hydrogens is 343 g/mol. The van der Waals surface area contributed by atoms with E-state index < -0.39 is 31.0 Å². The maximum atomic E-state index is 12.9. The van der Waals surface area contributed by atoms with Gasteiger partial charge in [-0.05, 0) is 6.07 Å². The first-order chi connectivity index (χ1) is 10.4. The molecule has 0 spiro atoms. The average molecular weight is 361 g/mol. The molecule has 1 fully saturated rings. The van der Waals surface area contributed by atoms with Crippen LogP contribution in [0.1, 0.15) is 18.0 Å². The van der Waals surface area contributed by atoms with Crippen LogP contribution in [0.25, 0.3) is 0 Å². The van der Waals surface area contributed by atoms with E-state index in [0.717, 1.165) is 6.07 Å². The van der Waals surface area contributed by atoms with Crippen molar-refractivity contribution in [1.29, 1.82) is 0 Å². The van der Waals surface area contributed by atoms with E-state index in [9.17, 15) is 22.0 Å². The van der Waals surface area contributed by atoms with E-state index >= 15 is 0 Å². The molecule has 1 atom stereocenters. The molecule has 0 aliphatic carbocycles. The van der Waals surface area contributed by atoms with Crippen molar-refractivity contribution in [3.8, 4) is 5.75 Å². The smallest absolute Gasteiger partial charge is 0.405 e. The van der Waals surface area contributed by atoms with Gasteiger partial charge in [0.2, 0.25) is 6.43 Å². The fraction of sp³-hybridized carbons (Fsp3) is 0.571. The lowest BCUT2D eigenvalue weighted by Crippen LogP contribution is -2.45. The Hall–Kier alpha value is -1.12. The Labute approximate surface area is 137 Å². The van der Waals surface area contributed by atoms with Crippen molar-refractivity contribution in [3.05, 3.63) is 29.8 Å². The molecule has 1 aliphatic rings. The Morgan fingerprint density at radius 3 is 2.30 bits per heavy atom. The summed E-state index contributed by atoms with van der Waals surface area (Å²) in [6.45, 7) is 2.22. The van der Waals surface area contributed by atoms with Crippen LogP contribution in [-0.2, 0) is 0 Å². The Morgan fingerprint density at radius 2 is 1.74 bits per heavy atom. The molecular formula is C14H18ClF5N2O. The second-order valence-corrected chi connectivity index (χ2v) is 5.01. The van der Waals surface area contributed by atoms with Crippen LogP contribution in [0.4, 0.5) is 22.0 Å². The predicted octanol–water partition coefficient (Wildman–Crippen LogP) is 3.61. The second kappa shape index (κ2) is 8.65. The number of piperazine rings is 1. The maximum absolute atomic E-state index is 12.9. The van der Waals surface area contributed by atoms with Crippen LogP contribution in [0, 0.1) is 0 Å². The summed E-state index contributed by atoms with van der Waals surface area (Å²) < 4.78 is 67.3. The molecule has 9 heteroatoms. The third-order valence-electron chi connectivity index (χ3n) is 3.50. The molecule has 3 nitrogen and oxygen atoms in total. The molecule has 0 amide bonds. The van der Waals surface area contributed by atoms with Crippen LogP contribution >= 0.6 is 12.4 Å². The summed E-state index contributed by atoms with van der Waals surface area (Å²) in [5.74, 6) is -0.417. The highest BCUT2D eigenvalue weighted by molar-refractivity contribution is 5.85. The largest absolute Gasteiger partial charge is 0.573 e. The lowest BCUT2D eigenvalue weighted by molar-refractivity contribution is -0.275. The van der Waals surface area contributed by atoms with Crippen LogP contribution in [-0.4, -0.2) is 43.9 Å². The van der Waals surface area contributed by atoms with Crippen LogP contribution in [0.2, 0.25) is 0 Å². The predicted molar refractivity (Wildman–Crippen MR) is 78.2 cm³/mol. The number of ether oxygens (including phenoxy) is 1. The van der Waals surface area contributed by atoms with Crippen LogP contribution in [0.15, 0.2) is 24.3 Å². The van der Waals surface area contributed by atoms with E-state index in [-0.39, 0.29) is 18.0 Å². The van der Waals surface area contributed by atoms with Gasteiger partial charge in [-0.3, -0.25) is 4.90 Å². The average Bonchev–Trinajstić information content (AvgIpc) is 2.45. The highest BCUT2D eigenvalue weighted by atomic mass is 35.5. The van der Waals surface area contributed by atoms with Gasteiger partial charge in [-0.15, -0.1) is 25.6 Å². The first-order valence-electron chi connectivity index (χ1n) is 6.94. The third-order valence-corrected chi connectivity index (χ3v) is 3.50. The number of hydrogen-bond donors (Lipinski definition) is 1. The van der Waals surface area contributed by atoms with Crippen LogP contribution < -0.4 is 10.1 Å². The van der Waals surface area contributed by atoms with E-state index in [2.05, 4.69) is 10.1 Å². The fourth-order valence-corrected chi connectivity index (χ4v) is 2.61. The number of para-hydroxylation sites is 1. The molecule has 1 aromatic rings. The molecule has 1 heterocycles. The summed E-state index contributed by atoms with van der Waals surface area (Å²) in [4.78, 5) is 1.77. The fourth-order valence-electron chi connectivity index (χ4n) is 2.61. The van der Waals surface area contributed by atoms with Crippen molar-refractivity contribution in [2.24, 2.45) is 0 Å². The normalized spacial score (nSPS) is 17.7. The van der Waals surface area contributed by atoms with Crippen molar-refractivity contribution in [2.75, 3.05) is 26.2 Å². The number of rotatable bonds is 5. The van der Waals surface area contributed by atoms with Gasteiger partial charge in [0.1, 0.15) is 5.75 Å². The standard InChI is InChI=1S/C14H17F5N2O.ClH/c15-13(16)9-11(21-7-5-20-6-8-21)10-3-1-2-4-12(10)22-14(17,18)19;/h1-4,11,13,20H,5-9H2;1H/t11-;/m0./s1. The number of hydrogen-bond acceptors (Lipinski definition) is 3. The summed E-state index contributed by atoms with van der Waals surface area (Å²) in [6.07, 6.45) is -7.99. The Morgan fingerprint density at radius 1 is 1.13 bits per heavy atom. The van der Waals surface area contributed by atoms with Gasteiger partial charge < -0.3 is 10.1 Å². The van der Waals surface area contributed by atoms with Gasteiger partial charge in [-0.2, -0.15) is 0 Å². The first-order valence-corrected chi connectivity index (χ1v) is 6.94. The van der Waals surface area contributed by atoms with E-state index in [0.29, 0.717) is 26.2 Å². The van der Waals surface area contributed by atoms with Gasteiger partial charge in [-0.25, -0.2) is 8.78 Å². The third kappa shape index (κ3) is 6.12.